The SMILES string of the molecule is CC(OCC/N=c1/cc(-c2ccccc2)oc2cc(O)c(O)c(O)c12)OC(N)=O. The van der Waals surface area contributed by atoms with Crippen molar-refractivity contribution in [2.75, 3.05) is 13.2 Å². The van der Waals surface area contributed by atoms with Crippen LogP contribution in [0.3, 0.4) is 0 Å². The molecule has 0 saturated heterocycles. The molecule has 0 saturated carbocycles. The third kappa shape index (κ3) is 4.58. The summed E-state index contributed by atoms with van der Waals surface area (Å²) in [5.41, 5.74) is 5.82. The van der Waals surface area contributed by atoms with Crippen LogP contribution in [0.15, 0.2) is 51.9 Å². The Bertz CT molecular complexity index is 1090. The van der Waals surface area contributed by atoms with Crippen LogP contribution in [0.25, 0.3) is 22.3 Å². The molecule has 1 unspecified atom stereocenters. The third-order valence-corrected chi connectivity index (χ3v) is 4.03. The number of benzene rings is 2. The smallest absolute Gasteiger partial charge is 0.406 e. The topological polar surface area (TPSA) is 148 Å². The van der Waals surface area contributed by atoms with Crippen LogP contribution in [0.5, 0.6) is 17.2 Å². The Morgan fingerprint density at radius 1 is 1.17 bits per heavy atom. The van der Waals surface area contributed by atoms with Gasteiger partial charge in [-0.1, -0.05) is 30.3 Å². The molecule has 0 aliphatic heterocycles. The largest absolute Gasteiger partial charge is 0.504 e. The van der Waals surface area contributed by atoms with E-state index < -0.39 is 29.6 Å². The fraction of sp³-hybridized carbons (Fsp3) is 0.200. The normalized spacial score (nSPS) is 12.8. The van der Waals surface area contributed by atoms with Gasteiger partial charge >= 0.3 is 6.09 Å². The zero-order valence-corrected chi connectivity index (χ0v) is 15.5. The lowest BCUT2D eigenvalue weighted by Crippen LogP contribution is -2.23. The minimum atomic E-state index is -0.946. The van der Waals surface area contributed by atoms with Crippen molar-refractivity contribution in [2.24, 2.45) is 10.7 Å². The van der Waals surface area contributed by atoms with E-state index in [0.717, 1.165) is 5.56 Å². The highest BCUT2D eigenvalue weighted by atomic mass is 16.7. The fourth-order valence-electron chi connectivity index (χ4n) is 2.75. The molecule has 0 aliphatic carbocycles. The molecule has 2 aromatic carbocycles. The molecule has 9 heteroatoms. The highest BCUT2D eigenvalue weighted by molar-refractivity contribution is 5.89. The van der Waals surface area contributed by atoms with Gasteiger partial charge in [0.15, 0.2) is 11.5 Å². The second-order valence-corrected chi connectivity index (χ2v) is 6.08. The number of carbonyl (C=O) groups excluding carboxylic acids is 1. The maximum atomic E-state index is 10.7. The Balaban J connectivity index is 2.01. The summed E-state index contributed by atoms with van der Waals surface area (Å²) in [5.74, 6) is -1.28. The molecule has 0 spiro atoms. The summed E-state index contributed by atoms with van der Waals surface area (Å²) in [7, 11) is 0. The molecule has 1 aromatic heterocycles. The van der Waals surface area contributed by atoms with E-state index in [9.17, 15) is 20.1 Å². The molecule has 29 heavy (non-hydrogen) atoms. The number of hydrogen-bond donors (Lipinski definition) is 4. The molecular formula is C20H20N2O7. The van der Waals surface area contributed by atoms with Gasteiger partial charge in [-0.3, -0.25) is 4.99 Å². The summed E-state index contributed by atoms with van der Waals surface area (Å²) >= 11 is 0. The third-order valence-electron chi connectivity index (χ3n) is 4.03. The maximum Gasteiger partial charge on any atom is 0.406 e. The summed E-state index contributed by atoms with van der Waals surface area (Å²) in [6.07, 6.45) is -1.78. The summed E-state index contributed by atoms with van der Waals surface area (Å²) < 4.78 is 15.7. The van der Waals surface area contributed by atoms with Crippen LogP contribution in [0.1, 0.15) is 6.92 Å². The van der Waals surface area contributed by atoms with Gasteiger partial charge in [0.25, 0.3) is 0 Å². The number of ether oxygens (including phenoxy) is 2. The van der Waals surface area contributed by atoms with E-state index in [1.165, 1.54) is 13.0 Å². The van der Waals surface area contributed by atoms with Gasteiger partial charge in [0.1, 0.15) is 11.3 Å². The molecule has 0 bridgehead atoms. The molecule has 152 valence electrons. The molecule has 3 aromatic rings. The number of amides is 1. The van der Waals surface area contributed by atoms with Crippen LogP contribution in [-0.4, -0.2) is 40.9 Å². The standard InChI is InChI=1S/C20H20N2O7/c1-11(28-20(21)26)27-8-7-22-13-9-15(12-5-3-2-4-6-12)29-16-10-14(23)18(24)19(25)17(13)16/h2-6,9-11,23-25H,7-8H2,1H3,(H2,21,26)/b22-13-. The van der Waals surface area contributed by atoms with Crippen molar-refractivity contribution < 1.29 is 34.0 Å². The first-order valence-corrected chi connectivity index (χ1v) is 8.72. The molecule has 1 amide bonds. The van der Waals surface area contributed by atoms with E-state index in [0.29, 0.717) is 11.1 Å². The second-order valence-electron chi connectivity index (χ2n) is 6.08. The van der Waals surface area contributed by atoms with Gasteiger partial charge in [-0.2, -0.15) is 0 Å². The van der Waals surface area contributed by atoms with Crippen LogP contribution in [0.4, 0.5) is 4.79 Å². The number of aromatic hydroxyl groups is 3. The summed E-state index contributed by atoms with van der Waals surface area (Å²) in [5, 5.41) is 30.5. The molecule has 1 atom stereocenters. The monoisotopic (exact) mass is 400 g/mol. The number of rotatable bonds is 6. The highest BCUT2D eigenvalue weighted by Gasteiger charge is 2.16. The minimum absolute atomic E-state index is 0.105. The van der Waals surface area contributed by atoms with Crippen molar-refractivity contribution in [3.8, 4) is 28.6 Å². The molecule has 9 nitrogen and oxygen atoms in total. The Hall–Kier alpha value is -3.72. The van der Waals surface area contributed by atoms with E-state index in [1.54, 1.807) is 6.07 Å². The van der Waals surface area contributed by atoms with E-state index in [1.807, 2.05) is 30.3 Å². The van der Waals surface area contributed by atoms with Crippen LogP contribution >= 0.6 is 0 Å². The maximum absolute atomic E-state index is 10.7. The van der Waals surface area contributed by atoms with Gasteiger partial charge in [-0.05, 0) is 6.92 Å². The molecule has 3 rings (SSSR count). The van der Waals surface area contributed by atoms with Crippen molar-refractivity contribution >= 4 is 17.1 Å². The highest BCUT2D eigenvalue weighted by Crippen LogP contribution is 2.40. The number of nitrogens with zero attached hydrogens (tertiary/aromatic N) is 1. The number of nitrogens with two attached hydrogens (primary N) is 1. The van der Waals surface area contributed by atoms with Gasteiger partial charge in [0.05, 0.1) is 23.9 Å². The van der Waals surface area contributed by atoms with E-state index >= 15 is 0 Å². The molecule has 0 aliphatic rings. The molecular weight excluding hydrogens is 380 g/mol. The van der Waals surface area contributed by atoms with E-state index in [-0.39, 0.29) is 24.1 Å². The minimum Gasteiger partial charge on any atom is -0.504 e. The second kappa shape index (κ2) is 8.53. The zero-order chi connectivity index (χ0) is 21.0. The van der Waals surface area contributed by atoms with Crippen molar-refractivity contribution in [2.45, 2.75) is 13.2 Å². The quantitative estimate of drug-likeness (QED) is 0.282. The zero-order valence-electron chi connectivity index (χ0n) is 15.5. The van der Waals surface area contributed by atoms with E-state index in [2.05, 4.69) is 9.73 Å². The molecule has 5 N–H and O–H groups in total. The number of phenols is 3. The van der Waals surface area contributed by atoms with Gasteiger partial charge in [0, 0.05) is 17.7 Å². The Kier molecular flexibility index (Phi) is 5.89. The van der Waals surface area contributed by atoms with Crippen molar-refractivity contribution in [3.63, 3.8) is 0 Å². The van der Waals surface area contributed by atoms with Gasteiger partial charge in [-0.25, -0.2) is 4.79 Å². The van der Waals surface area contributed by atoms with Gasteiger partial charge < -0.3 is 34.9 Å². The van der Waals surface area contributed by atoms with Crippen LogP contribution in [-0.2, 0) is 9.47 Å². The summed E-state index contributed by atoms with van der Waals surface area (Å²) in [6.45, 7) is 1.77. The fourth-order valence-corrected chi connectivity index (χ4v) is 2.75. The number of carbonyl (C=O) groups is 1. The molecule has 0 radical (unpaired) electrons. The van der Waals surface area contributed by atoms with Gasteiger partial charge in [0.2, 0.25) is 12.0 Å². The van der Waals surface area contributed by atoms with Crippen LogP contribution < -0.4 is 11.1 Å². The first-order chi connectivity index (χ1) is 13.9. The lowest BCUT2D eigenvalue weighted by molar-refractivity contribution is -0.0859. The lowest BCUT2D eigenvalue weighted by Gasteiger charge is -2.11. The summed E-state index contributed by atoms with van der Waals surface area (Å²) in [4.78, 5) is 15.1. The Morgan fingerprint density at radius 3 is 2.59 bits per heavy atom. The number of hydrogen-bond acceptors (Lipinski definition) is 8. The lowest BCUT2D eigenvalue weighted by atomic mass is 10.1. The predicted octanol–water partition coefficient (Wildman–Crippen LogP) is 2.58. The Labute approximate surface area is 165 Å². The first-order valence-electron chi connectivity index (χ1n) is 8.72. The first kappa shape index (κ1) is 20.0. The molecule has 0 fully saturated rings. The van der Waals surface area contributed by atoms with Crippen molar-refractivity contribution in [3.05, 3.63) is 47.8 Å². The Morgan fingerprint density at radius 2 is 1.90 bits per heavy atom. The van der Waals surface area contributed by atoms with Crippen LogP contribution in [0, 0.1) is 0 Å². The number of primary amides is 1. The number of fused-ring (bicyclic) bond motifs is 1. The van der Waals surface area contributed by atoms with E-state index in [4.69, 9.17) is 14.9 Å². The van der Waals surface area contributed by atoms with Gasteiger partial charge in [-0.15, -0.1) is 0 Å². The number of phenolic OH excluding ortho intramolecular Hbond substituents is 3. The predicted molar refractivity (Wildman–Crippen MR) is 103 cm³/mol. The average molecular weight is 400 g/mol. The molecule has 1 heterocycles. The van der Waals surface area contributed by atoms with Crippen molar-refractivity contribution in [1.29, 1.82) is 0 Å². The average Bonchev–Trinajstić information content (AvgIpc) is 2.69. The van der Waals surface area contributed by atoms with Crippen molar-refractivity contribution in [1.82, 2.24) is 0 Å². The van der Waals surface area contributed by atoms with Crippen LogP contribution in [0.2, 0.25) is 0 Å². The summed E-state index contributed by atoms with van der Waals surface area (Å²) in [6, 6.07) is 12.0.